The maximum absolute atomic E-state index is 5.34. The molecule has 1 N–H and O–H groups in total. The highest BCUT2D eigenvalue weighted by Crippen LogP contribution is 2.21. The lowest BCUT2D eigenvalue weighted by Gasteiger charge is -2.05. The van der Waals surface area contributed by atoms with Crippen LogP contribution in [0.15, 0.2) is 24.3 Å². The van der Waals surface area contributed by atoms with Gasteiger partial charge in [-0.25, -0.2) is 0 Å². The number of benzene rings is 1. The predicted molar refractivity (Wildman–Crippen MR) is 72.4 cm³/mol. The molecule has 1 aromatic carbocycles. The van der Waals surface area contributed by atoms with E-state index in [4.69, 9.17) is 4.74 Å². The predicted octanol–water partition coefficient (Wildman–Crippen LogP) is 3.16. The number of rotatable bonds is 6. The molecule has 0 heterocycles. The van der Waals surface area contributed by atoms with Crippen molar-refractivity contribution in [2.45, 2.75) is 32.2 Å². The van der Waals surface area contributed by atoms with Crippen LogP contribution in [0.3, 0.4) is 0 Å². The zero-order chi connectivity index (χ0) is 12.1. The Morgan fingerprint density at radius 3 is 2.94 bits per heavy atom. The quantitative estimate of drug-likeness (QED) is 0.759. The Morgan fingerprint density at radius 2 is 2.24 bits per heavy atom. The van der Waals surface area contributed by atoms with E-state index in [2.05, 4.69) is 36.5 Å². The fourth-order valence-electron chi connectivity index (χ4n) is 1.85. The van der Waals surface area contributed by atoms with Gasteiger partial charge in [0.25, 0.3) is 0 Å². The normalized spacial score (nSPS) is 15.4. The highest BCUT2D eigenvalue weighted by molar-refractivity contribution is 5.58. The summed E-state index contributed by atoms with van der Waals surface area (Å²) in [6.45, 7) is 3.18. The van der Waals surface area contributed by atoms with Gasteiger partial charge < -0.3 is 10.1 Å². The lowest BCUT2D eigenvalue weighted by atomic mass is 10.1. The molecule has 0 unspecified atom stereocenters. The summed E-state index contributed by atoms with van der Waals surface area (Å²) >= 11 is 0. The lowest BCUT2D eigenvalue weighted by molar-refractivity contribution is 0.413. The highest BCUT2D eigenvalue weighted by Gasteiger charge is 2.19. The fraction of sp³-hybridized carbons (Fsp3) is 0.467. The zero-order valence-electron chi connectivity index (χ0n) is 10.7. The van der Waals surface area contributed by atoms with Crippen LogP contribution in [0.4, 0.5) is 0 Å². The molecule has 0 saturated heterocycles. The van der Waals surface area contributed by atoms with Crippen LogP contribution in [0.25, 0.3) is 6.08 Å². The van der Waals surface area contributed by atoms with Crippen molar-refractivity contribution in [3.05, 3.63) is 35.4 Å². The van der Waals surface area contributed by atoms with E-state index >= 15 is 0 Å². The van der Waals surface area contributed by atoms with Gasteiger partial charge in [0.2, 0.25) is 0 Å². The van der Waals surface area contributed by atoms with Crippen LogP contribution in [0.2, 0.25) is 0 Å². The molecular formula is C15H21NO. The second-order valence-electron chi connectivity index (χ2n) is 4.66. The Hall–Kier alpha value is -1.28. The smallest absolute Gasteiger partial charge is 0.126 e. The Kier molecular flexibility index (Phi) is 4.21. The zero-order valence-corrected chi connectivity index (χ0v) is 10.7. The van der Waals surface area contributed by atoms with Crippen LogP contribution >= 0.6 is 0 Å². The first kappa shape index (κ1) is 12.2. The average Bonchev–Trinajstić information content (AvgIpc) is 3.13. The van der Waals surface area contributed by atoms with E-state index in [-0.39, 0.29) is 0 Å². The van der Waals surface area contributed by atoms with Crippen LogP contribution < -0.4 is 10.1 Å². The van der Waals surface area contributed by atoms with Gasteiger partial charge >= 0.3 is 0 Å². The summed E-state index contributed by atoms with van der Waals surface area (Å²) < 4.78 is 5.34. The standard InChI is InChI=1S/C15H21NO/c1-12-6-9-15(17-2)13(11-12)5-3-4-10-16-14-7-8-14/h3,5-6,9,11,14,16H,4,7-8,10H2,1-2H3. The molecule has 1 fully saturated rings. The molecule has 2 nitrogen and oxygen atoms in total. The minimum absolute atomic E-state index is 0.803. The van der Waals surface area contributed by atoms with Crippen LogP contribution in [0, 0.1) is 6.92 Å². The molecule has 17 heavy (non-hydrogen) atoms. The minimum atomic E-state index is 0.803. The van der Waals surface area contributed by atoms with Crippen molar-refractivity contribution < 1.29 is 4.74 Å². The molecule has 2 heteroatoms. The second kappa shape index (κ2) is 5.87. The van der Waals surface area contributed by atoms with E-state index in [1.807, 2.05) is 6.07 Å². The molecule has 92 valence electrons. The molecule has 0 aliphatic heterocycles. The van der Waals surface area contributed by atoms with Gasteiger partial charge in [-0.3, -0.25) is 0 Å². The van der Waals surface area contributed by atoms with Crippen LogP contribution in [-0.4, -0.2) is 19.7 Å². The Morgan fingerprint density at radius 1 is 1.41 bits per heavy atom. The summed E-state index contributed by atoms with van der Waals surface area (Å²) in [6, 6.07) is 7.06. The van der Waals surface area contributed by atoms with E-state index in [0.717, 1.165) is 24.8 Å². The molecule has 0 bridgehead atoms. The van der Waals surface area contributed by atoms with Crippen molar-refractivity contribution in [3.8, 4) is 5.75 Å². The molecule has 1 aliphatic carbocycles. The topological polar surface area (TPSA) is 21.3 Å². The second-order valence-corrected chi connectivity index (χ2v) is 4.66. The molecule has 2 rings (SSSR count). The van der Waals surface area contributed by atoms with E-state index < -0.39 is 0 Å². The van der Waals surface area contributed by atoms with E-state index in [9.17, 15) is 0 Å². The van der Waals surface area contributed by atoms with Gasteiger partial charge in [-0.1, -0.05) is 23.8 Å². The number of aryl methyl sites for hydroxylation is 1. The summed E-state index contributed by atoms with van der Waals surface area (Å²) in [6.07, 6.45) is 8.16. The van der Waals surface area contributed by atoms with Crippen molar-refractivity contribution >= 4 is 6.08 Å². The van der Waals surface area contributed by atoms with Gasteiger partial charge in [0, 0.05) is 11.6 Å². The molecule has 0 radical (unpaired) electrons. The largest absolute Gasteiger partial charge is 0.496 e. The lowest BCUT2D eigenvalue weighted by Crippen LogP contribution is -2.16. The van der Waals surface area contributed by atoms with Gasteiger partial charge in [-0.2, -0.15) is 0 Å². The summed E-state index contributed by atoms with van der Waals surface area (Å²) in [5.74, 6) is 0.946. The fourth-order valence-corrected chi connectivity index (χ4v) is 1.85. The molecule has 0 atom stereocenters. The van der Waals surface area contributed by atoms with Crippen LogP contribution in [0.1, 0.15) is 30.4 Å². The average molecular weight is 231 g/mol. The van der Waals surface area contributed by atoms with E-state index in [1.165, 1.54) is 24.0 Å². The Bertz CT molecular complexity index is 394. The van der Waals surface area contributed by atoms with E-state index in [1.54, 1.807) is 7.11 Å². The maximum Gasteiger partial charge on any atom is 0.126 e. The summed E-state index contributed by atoms with van der Waals surface area (Å²) in [7, 11) is 1.72. The molecule has 1 aromatic rings. The number of nitrogens with one attached hydrogen (secondary N) is 1. The summed E-state index contributed by atoms with van der Waals surface area (Å²) in [4.78, 5) is 0. The third-order valence-electron chi connectivity index (χ3n) is 3.00. The molecule has 1 aliphatic rings. The summed E-state index contributed by atoms with van der Waals surface area (Å²) in [5, 5.41) is 3.50. The van der Waals surface area contributed by atoms with Gasteiger partial charge in [0.05, 0.1) is 7.11 Å². The minimum Gasteiger partial charge on any atom is -0.496 e. The summed E-state index contributed by atoms with van der Waals surface area (Å²) in [5.41, 5.74) is 2.43. The number of methoxy groups -OCH3 is 1. The molecule has 0 amide bonds. The molecular weight excluding hydrogens is 210 g/mol. The van der Waals surface area contributed by atoms with Gasteiger partial charge in [-0.15, -0.1) is 0 Å². The first-order chi connectivity index (χ1) is 8.29. The highest BCUT2D eigenvalue weighted by atomic mass is 16.5. The van der Waals surface area contributed by atoms with Crippen LogP contribution in [0.5, 0.6) is 5.75 Å². The first-order valence-electron chi connectivity index (χ1n) is 6.34. The monoisotopic (exact) mass is 231 g/mol. The first-order valence-corrected chi connectivity index (χ1v) is 6.34. The van der Waals surface area contributed by atoms with Crippen molar-refractivity contribution in [1.29, 1.82) is 0 Å². The third-order valence-corrected chi connectivity index (χ3v) is 3.00. The Labute approximate surface area is 104 Å². The number of ether oxygens (including phenoxy) is 1. The van der Waals surface area contributed by atoms with Crippen molar-refractivity contribution in [2.24, 2.45) is 0 Å². The van der Waals surface area contributed by atoms with Gasteiger partial charge in [-0.05, 0) is 44.9 Å². The van der Waals surface area contributed by atoms with Crippen molar-refractivity contribution in [2.75, 3.05) is 13.7 Å². The van der Waals surface area contributed by atoms with Crippen molar-refractivity contribution in [1.82, 2.24) is 5.32 Å². The molecule has 0 spiro atoms. The number of hydrogen-bond acceptors (Lipinski definition) is 2. The SMILES string of the molecule is COc1ccc(C)cc1C=CCCNC1CC1. The van der Waals surface area contributed by atoms with Gasteiger partial charge in [0.1, 0.15) is 5.75 Å². The third kappa shape index (κ3) is 3.90. The van der Waals surface area contributed by atoms with Gasteiger partial charge in [0.15, 0.2) is 0 Å². The maximum atomic E-state index is 5.34. The molecule has 1 saturated carbocycles. The van der Waals surface area contributed by atoms with E-state index in [0.29, 0.717) is 0 Å². The Balaban J connectivity index is 1.86. The molecule has 0 aromatic heterocycles. The van der Waals surface area contributed by atoms with Crippen LogP contribution in [-0.2, 0) is 0 Å². The van der Waals surface area contributed by atoms with Crippen molar-refractivity contribution in [3.63, 3.8) is 0 Å². The number of hydrogen-bond donors (Lipinski definition) is 1.